The van der Waals surface area contributed by atoms with Crippen LogP contribution in [0.5, 0.6) is 5.75 Å². The van der Waals surface area contributed by atoms with Gasteiger partial charge in [-0.15, -0.1) is 13.2 Å². The first-order valence-corrected chi connectivity index (χ1v) is 11.1. The Hall–Kier alpha value is -3.18. The van der Waals surface area contributed by atoms with Gasteiger partial charge in [0, 0.05) is 23.8 Å². The van der Waals surface area contributed by atoms with Crippen LogP contribution in [0, 0.1) is 0 Å². The number of carbonyl (C=O) groups excluding carboxylic acids is 1. The number of nitrogens with one attached hydrogen (secondary N) is 1. The molecule has 1 aliphatic heterocycles. The number of benzene rings is 2. The van der Waals surface area contributed by atoms with E-state index in [1.54, 1.807) is 24.3 Å². The third kappa shape index (κ3) is 4.53. The highest BCUT2D eigenvalue weighted by atomic mass is 32.2. The fraction of sp³-hybridized carbons (Fsp3) is 0.238. The summed E-state index contributed by atoms with van der Waals surface area (Å²) in [5, 5.41) is 3.23. The number of ether oxygens (including phenoxy) is 1. The molecule has 1 fully saturated rings. The van der Waals surface area contributed by atoms with Gasteiger partial charge in [-0.05, 0) is 49.2 Å². The summed E-state index contributed by atoms with van der Waals surface area (Å²) in [6.07, 6.45) is -2.51. The van der Waals surface area contributed by atoms with Crippen LogP contribution in [0.25, 0.3) is 10.9 Å². The van der Waals surface area contributed by atoms with E-state index in [2.05, 4.69) is 15.0 Å². The molecule has 2 heterocycles. The van der Waals surface area contributed by atoms with Gasteiger partial charge in [0.25, 0.3) is 0 Å². The smallest absolute Gasteiger partial charge is 0.406 e. The minimum absolute atomic E-state index is 0.0175. The first-order valence-electron chi connectivity index (χ1n) is 9.67. The molecule has 32 heavy (non-hydrogen) atoms. The van der Waals surface area contributed by atoms with E-state index in [-0.39, 0.29) is 17.1 Å². The van der Waals surface area contributed by atoms with Gasteiger partial charge in [-0.2, -0.15) is 4.31 Å². The summed E-state index contributed by atoms with van der Waals surface area (Å²) in [7, 11) is -4.01. The molecular weight excluding hydrogens is 447 g/mol. The Morgan fingerprint density at radius 1 is 1.09 bits per heavy atom. The van der Waals surface area contributed by atoms with Crippen LogP contribution in [0.1, 0.15) is 12.8 Å². The van der Waals surface area contributed by atoms with Gasteiger partial charge in [0.05, 0.1) is 5.52 Å². The summed E-state index contributed by atoms with van der Waals surface area (Å²) in [6, 6.07) is 12.0. The molecule has 1 saturated heterocycles. The summed E-state index contributed by atoms with van der Waals surface area (Å²) >= 11 is 0. The van der Waals surface area contributed by atoms with Crippen LogP contribution in [0.3, 0.4) is 0 Å². The zero-order valence-corrected chi connectivity index (χ0v) is 17.4. The van der Waals surface area contributed by atoms with Crippen molar-refractivity contribution in [3.05, 3.63) is 60.8 Å². The number of aromatic nitrogens is 1. The van der Waals surface area contributed by atoms with Gasteiger partial charge in [0.1, 0.15) is 16.7 Å². The number of amides is 1. The van der Waals surface area contributed by atoms with Crippen molar-refractivity contribution in [1.82, 2.24) is 9.29 Å². The SMILES string of the molecule is O=C(Nc1ccc(OC(F)(F)F)cc1)[C@H]1CCCN1S(=O)(=O)c1cccc2cccnc12. The number of fused-ring (bicyclic) bond motifs is 1. The van der Waals surface area contributed by atoms with Gasteiger partial charge in [0.15, 0.2) is 0 Å². The molecule has 1 aliphatic rings. The Morgan fingerprint density at radius 3 is 2.53 bits per heavy atom. The number of alkyl halides is 3. The summed E-state index contributed by atoms with van der Waals surface area (Å²) in [5.74, 6) is -0.993. The molecule has 4 rings (SSSR count). The third-order valence-corrected chi connectivity index (χ3v) is 6.98. The zero-order chi connectivity index (χ0) is 22.9. The molecular formula is C21H18F3N3O4S. The number of sulfonamides is 1. The molecule has 168 valence electrons. The number of para-hydroxylation sites is 1. The van der Waals surface area contributed by atoms with Gasteiger partial charge in [-0.25, -0.2) is 8.42 Å². The van der Waals surface area contributed by atoms with Gasteiger partial charge in [0.2, 0.25) is 15.9 Å². The van der Waals surface area contributed by atoms with Crippen molar-refractivity contribution in [3.63, 3.8) is 0 Å². The molecule has 0 radical (unpaired) electrons. The lowest BCUT2D eigenvalue weighted by Gasteiger charge is -2.24. The van der Waals surface area contributed by atoms with E-state index < -0.39 is 34.1 Å². The fourth-order valence-electron chi connectivity index (χ4n) is 3.67. The molecule has 1 atom stereocenters. The van der Waals surface area contributed by atoms with Gasteiger partial charge >= 0.3 is 6.36 Å². The van der Waals surface area contributed by atoms with Crippen molar-refractivity contribution in [3.8, 4) is 5.75 Å². The molecule has 0 aliphatic carbocycles. The standard InChI is InChI=1S/C21H18F3N3O4S/c22-21(23,24)31-16-10-8-15(9-11-16)26-20(28)17-6-3-13-27(17)32(29,30)18-7-1-4-14-5-2-12-25-19(14)18/h1-2,4-5,7-12,17H,3,6,13H2,(H,26,28)/t17-/m1/s1. The number of pyridine rings is 1. The van der Waals surface area contributed by atoms with Crippen LogP contribution in [0.15, 0.2) is 65.7 Å². The normalized spacial score (nSPS) is 17.4. The number of anilines is 1. The Labute approximate surface area is 181 Å². The Morgan fingerprint density at radius 2 is 1.81 bits per heavy atom. The van der Waals surface area contributed by atoms with E-state index in [1.807, 2.05) is 0 Å². The number of hydrogen-bond acceptors (Lipinski definition) is 5. The molecule has 1 N–H and O–H groups in total. The molecule has 1 amide bonds. The van der Waals surface area contributed by atoms with Crippen molar-refractivity contribution >= 4 is 32.5 Å². The van der Waals surface area contributed by atoms with Crippen molar-refractivity contribution in [1.29, 1.82) is 0 Å². The summed E-state index contributed by atoms with van der Waals surface area (Å²) in [5.41, 5.74) is 0.543. The van der Waals surface area contributed by atoms with E-state index in [4.69, 9.17) is 0 Å². The lowest BCUT2D eigenvalue weighted by Crippen LogP contribution is -2.43. The van der Waals surface area contributed by atoms with Crippen LogP contribution >= 0.6 is 0 Å². The van der Waals surface area contributed by atoms with Crippen molar-refractivity contribution < 1.29 is 31.1 Å². The van der Waals surface area contributed by atoms with Crippen molar-refractivity contribution in [2.24, 2.45) is 0 Å². The number of carbonyl (C=O) groups is 1. The highest BCUT2D eigenvalue weighted by molar-refractivity contribution is 7.89. The molecule has 7 nitrogen and oxygen atoms in total. The minimum atomic E-state index is -4.82. The van der Waals surface area contributed by atoms with Crippen LogP contribution in [-0.2, 0) is 14.8 Å². The summed E-state index contributed by atoms with van der Waals surface area (Å²) in [6.45, 7) is 0.169. The first kappa shape index (κ1) is 22.0. The lowest BCUT2D eigenvalue weighted by atomic mass is 10.2. The topological polar surface area (TPSA) is 88.6 Å². The summed E-state index contributed by atoms with van der Waals surface area (Å²) in [4.78, 5) is 17.0. The molecule has 11 heteroatoms. The van der Waals surface area contributed by atoms with Crippen LogP contribution in [0.2, 0.25) is 0 Å². The first-order chi connectivity index (χ1) is 15.1. The second-order valence-corrected chi connectivity index (χ2v) is 9.03. The molecule has 0 saturated carbocycles. The fourth-order valence-corrected chi connectivity index (χ4v) is 5.49. The van der Waals surface area contributed by atoms with Crippen LogP contribution in [-0.4, -0.2) is 42.6 Å². The Bertz CT molecular complexity index is 1240. The van der Waals surface area contributed by atoms with E-state index in [0.717, 1.165) is 16.4 Å². The van der Waals surface area contributed by atoms with E-state index >= 15 is 0 Å². The molecule has 2 aromatic carbocycles. The predicted molar refractivity (Wildman–Crippen MR) is 110 cm³/mol. The lowest BCUT2D eigenvalue weighted by molar-refractivity contribution is -0.274. The maximum Gasteiger partial charge on any atom is 0.573 e. The predicted octanol–water partition coefficient (Wildman–Crippen LogP) is 3.93. The number of hydrogen-bond donors (Lipinski definition) is 1. The van der Waals surface area contributed by atoms with Gasteiger partial charge < -0.3 is 10.1 Å². The average molecular weight is 465 g/mol. The zero-order valence-electron chi connectivity index (χ0n) is 16.5. The molecule has 1 aromatic heterocycles. The van der Waals surface area contributed by atoms with Gasteiger partial charge in [-0.3, -0.25) is 9.78 Å². The van der Waals surface area contributed by atoms with Crippen LogP contribution in [0.4, 0.5) is 18.9 Å². The van der Waals surface area contributed by atoms with E-state index in [9.17, 15) is 26.4 Å². The highest BCUT2D eigenvalue weighted by Gasteiger charge is 2.40. The minimum Gasteiger partial charge on any atom is -0.406 e. The van der Waals surface area contributed by atoms with Crippen molar-refractivity contribution in [2.45, 2.75) is 30.1 Å². The summed E-state index contributed by atoms with van der Waals surface area (Å²) < 4.78 is 68.6. The third-order valence-electron chi connectivity index (χ3n) is 5.04. The average Bonchev–Trinajstić information content (AvgIpc) is 3.25. The largest absolute Gasteiger partial charge is 0.573 e. The van der Waals surface area contributed by atoms with Gasteiger partial charge in [-0.1, -0.05) is 18.2 Å². The van der Waals surface area contributed by atoms with Crippen LogP contribution < -0.4 is 10.1 Å². The maximum absolute atomic E-state index is 13.4. The molecule has 0 unspecified atom stereocenters. The Balaban J connectivity index is 1.55. The van der Waals surface area contributed by atoms with E-state index in [1.165, 1.54) is 24.4 Å². The van der Waals surface area contributed by atoms with E-state index in [0.29, 0.717) is 23.7 Å². The second-order valence-electron chi connectivity index (χ2n) is 7.17. The molecule has 0 spiro atoms. The quantitative estimate of drug-likeness (QED) is 0.617. The molecule has 0 bridgehead atoms. The number of rotatable bonds is 5. The number of nitrogens with zero attached hydrogens (tertiary/aromatic N) is 2. The maximum atomic E-state index is 13.4. The molecule has 3 aromatic rings. The Kier molecular flexibility index (Phi) is 5.78. The monoisotopic (exact) mass is 465 g/mol. The second kappa shape index (κ2) is 8.40. The highest BCUT2D eigenvalue weighted by Crippen LogP contribution is 2.30. The van der Waals surface area contributed by atoms with Crippen molar-refractivity contribution in [2.75, 3.05) is 11.9 Å². The number of halogens is 3.